The minimum absolute atomic E-state index is 0.00153. The highest BCUT2D eigenvalue weighted by atomic mass is 79.9. The number of benzene rings is 2. The van der Waals surface area contributed by atoms with Crippen LogP contribution in [0.3, 0.4) is 0 Å². The maximum Gasteiger partial charge on any atom is 0.416 e. The number of carbonyl (C=O) groups excluding carboxylic acids is 2. The number of rotatable bonds is 4. The molecule has 0 saturated heterocycles. The molecule has 12 heteroatoms. The lowest BCUT2D eigenvalue weighted by atomic mass is 9.98. The molecule has 1 aromatic heterocycles. The second-order valence-electron chi connectivity index (χ2n) is 9.98. The van der Waals surface area contributed by atoms with Crippen molar-refractivity contribution in [2.45, 2.75) is 45.1 Å². The molecule has 0 saturated carbocycles. The molecular weight excluding hydrogens is 571 g/mol. The number of hydrogen-bond donors (Lipinski definition) is 2. The van der Waals surface area contributed by atoms with Crippen molar-refractivity contribution in [3.8, 4) is 5.75 Å². The number of pyridine rings is 1. The molecule has 3 aromatic rings. The summed E-state index contributed by atoms with van der Waals surface area (Å²) in [6, 6.07) is 7.38. The smallest absolute Gasteiger partial charge is 0.416 e. The number of carbonyl (C=O) groups is 2. The maximum absolute atomic E-state index is 13.5. The summed E-state index contributed by atoms with van der Waals surface area (Å²) in [5.41, 5.74) is -1.51. The molecule has 2 heterocycles. The summed E-state index contributed by atoms with van der Waals surface area (Å²) in [6.07, 6.45) is -4.49. The van der Waals surface area contributed by atoms with E-state index in [0.717, 1.165) is 12.1 Å². The van der Waals surface area contributed by atoms with Crippen LogP contribution in [-0.4, -0.2) is 40.7 Å². The molecule has 1 amide bonds. The van der Waals surface area contributed by atoms with E-state index in [2.05, 4.69) is 21.2 Å². The highest BCUT2D eigenvalue weighted by Crippen LogP contribution is 2.42. The second-order valence-corrected chi connectivity index (χ2v) is 10.9. The van der Waals surface area contributed by atoms with Gasteiger partial charge in [0.2, 0.25) is 0 Å². The van der Waals surface area contributed by atoms with E-state index in [1.54, 1.807) is 44.9 Å². The van der Waals surface area contributed by atoms with Crippen LogP contribution >= 0.6 is 15.9 Å². The van der Waals surface area contributed by atoms with E-state index in [4.69, 9.17) is 4.74 Å². The fraction of sp³-hybridized carbons (Fsp3) is 0.346. The molecule has 8 nitrogen and oxygen atoms in total. The van der Waals surface area contributed by atoms with Gasteiger partial charge in [0.1, 0.15) is 23.5 Å². The Balaban J connectivity index is 1.77. The van der Waals surface area contributed by atoms with Crippen molar-refractivity contribution in [1.82, 2.24) is 9.88 Å². The summed E-state index contributed by atoms with van der Waals surface area (Å²) in [5.74, 6) is -2.23. The Morgan fingerprint density at radius 2 is 1.79 bits per heavy atom. The lowest BCUT2D eigenvalue weighted by Gasteiger charge is -2.37. The number of aromatic hydroxyl groups is 1. The summed E-state index contributed by atoms with van der Waals surface area (Å²) in [6.45, 7) is 4.47. The van der Waals surface area contributed by atoms with E-state index >= 15 is 0 Å². The van der Waals surface area contributed by atoms with Crippen molar-refractivity contribution < 1.29 is 32.6 Å². The van der Waals surface area contributed by atoms with Crippen LogP contribution in [0.1, 0.15) is 48.3 Å². The van der Waals surface area contributed by atoms with Crippen LogP contribution in [0.5, 0.6) is 5.75 Å². The highest BCUT2D eigenvalue weighted by molar-refractivity contribution is 9.10. The van der Waals surface area contributed by atoms with Gasteiger partial charge in [-0.15, -0.1) is 0 Å². The summed E-state index contributed by atoms with van der Waals surface area (Å²) in [7, 11) is 1.73. The monoisotopic (exact) mass is 595 g/mol. The number of aromatic nitrogens is 1. The third kappa shape index (κ3) is 5.22. The van der Waals surface area contributed by atoms with Crippen LogP contribution in [0.2, 0.25) is 0 Å². The van der Waals surface area contributed by atoms with Crippen LogP contribution in [-0.2, 0) is 22.3 Å². The Bertz CT molecular complexity index is 1490. The van der Waals surface area contributed by atoms with Gasteiger partial charge >= 0.3 is 12.1 Å². The Morgan fingerprint density at radius 1 is 1.16 bits per heavy atom. The zero-order chi connectivity index (χ0) is 28.2. The van der Waals surface area contributed by atoms with Gasteiger partial charge in [-0.2, -0.15) is 13.2 Å². The largest absolute Gasteiger partial charge is 0.506 e. The minimum atomic E-state index is -4.49. The molecule has 1 atom stereocenters. The Hall–Kier alpha value is -3.54. The SMILES string of the molecule is CN1c2cc(Br)cc3c(O)c(C(=O)NCC(=O)OC(C)(C)C)c(=O)n(c23)CC1c1ccc(C(F)(F)F)cc1. The first kappa shape index (κ1) is 27.5. The van der Waals surface area contributed by atoms with Crippen LogP contribution in [0.15, 0.2) is 45.7 Å². The fourth-order valence-electron chi connectivity index (χ4n) is 4.47. The number of alkyl halides is 3. The van der Waals surface area contributed by atoms with Gasteiger partial charge in [0.25, 0.3) is 11.5 Å². The van der Waals surface area contributed by atoms with Gasteiger partial charge in [0.15, 0.2) is 0 Å². The predicted molar refractivity (Wildman–Crippen MR) is 138 cm³/mol. The number of anilines is 1. The van der Waals surface area contributed by atoms with Crippen LogP contribution in [0.25, 0.3) is 10.9 Å². The molecule has 2 aromatic carbocycles. The highest BCUT2D eigenvalue weighted by Gasteiger charge is 2.34. The van der Waals surface area contributed by atoms with Crippen LogP contribution in [0, 0.1) is 0 Å². The normalized spacial score (nSPS) is 15.5. The third-order valence-corrected chi connectivity index (χ3v) is 6.60. The van der Waals surface area contributed by atoms with Gasteiger partial charge in [-0.3, -0.25) is 14.4 Å². The average Bonchev–Trinajstić information content (AvgIpc) is 2.80. The van der Waals surface area contributed by atoms with Crippen molar-refractivity contribution in [2.24, 2.45) is 0 Å². The lowest BCUT2D eigenvalue weighted by molar-refractivity contribution is -0.153. The van der Waals surface area contributed by atoms with E-state index < -0.39 is 58.7 Å². The summed E-state index contributed by atoms with van der Waals surface area (Å²) in [4.78, 5) is 40.4. The quantitative estimate of drug-likeness (QED) is 0.422. The summed E-state index contributed by atoms with van der Waals surface area (Å²) in [5, 5.41) is 13.5. The average molecular weight is 596 g/mol. The van der Waals surface area contributed by atoms with Gasteiger partial charge in [0, 0.05) is 16.9 Å². The first-order valence-corrected chi connectivity index (χ1v) is 12.4. The first-order chi connectivity index (χ1) is 17.6. The zero-order valence-electron chi connectivity index (χ0n) is 20.9. The topological polar surface area (TPSA) is 101 Å². The maximum atomic E-state index is 13.5. The number of halogens is 4. The summed E-state index contributed by atoms with van der Waals surface area (Å²) < 4.78 is 46.3. The standard InChI is InChI=1S/C26H25BrF3N3O5/c1-25(2,3)38-19(34)11-31-23(36)20-22(35)16-9-15(27)10-17-21(16)33(24(20)37)12-18(32(17)4)13-5-7-14(8-6-13)26(28,29)30/h5-10,18,35H,11-12H2,1-4H3,(H,31,36). The number of nitrogens with zero attached hydrogens (tertiary/aromatic N) is 2. The van der Waals surface area contributed by atoms with E-state index in [0.29, 0.717) is 21.2 Å². The van der Waals surface area contributed by atoms with Crippen molar-refractivity contribution in [3.05, 3.63) is 67.9 Å². The van der Waals surface area contributed by atoms with Crippen LogP contribution < -0.4 is 15.8 Å². The number of nitrogens with one attached hydrogen (secondary N) is 1. The number of esters is 1. The van der Waals surface area contributed by atoms with E-state index in [1.807, 2.05) is 0 Å². The Labute approximate surface area is 224 Å². The van der Waals surface area contributed by atoms with Crippen molar-refractivity contribution in [2.75, 3.05) is 18.5 Å². The molecular formula is C26H25BrF3N3O5. The minimum Gasteiger partial charge on any atom is -0.506 e. The van der Waals surface area contributed by atoms with Gasteiger partial charge in [0.05, 0.1) is 29.4 Å². The molecule has 1 aliphatic heterocycles. The summed E-state index contributed by atoms with van der Waals surface area (Å²) >= 11 is 3.39. The number of ether oxygens (including phenoxy) is 1. The Morgan fingerprint density at radius 3 is 2.37 bits per heavy atom. The van der Waals surface area contributed by atoms with Crippen LogP contribution in [0.4, 0.5) is 18.9 Å². The van der Waals surface area contributed by atoms with Gasteiger partial charge in [-0.25, -0.2) is 0 Å². The molecule has 0 fully saturated rings. The lowest BCUT2D eigenvalue weighted by Crippen LogP contribution is -2.41. The molecule has 2 N–H and O–H groups in total. The number of hydrogen-bond acceptors (Lipinski definition) is 6. The first-order valence-electron chi connectivity index (χ1n) is 11.6. The molecule has 0 radical (unpaired) electrons. The number of amides is 1. The Kier molecular flexibility index (Phi) is 6.98. The van der Waals surface area contributed by atoms with Gasteiger partial charge in [-0.05, 0) is 50.6 Å². The molecule has 1 aliphatic rings. The fourth-order valence-corrected chi connectivity index (χ4v) is 4.92. The van der Waals surface area contributed by atoms with E-state index in [9.17, 15) is 32.7 Å². The van der Waals surface area contributed by atoms with Crippen molar-refractivity contribution in [3.63, 3.8) is 0 Å². The molecule has 0 spiro atoms. The van der Waals surface area contributed by atoms with E-state index in [-0.39, 0.29) is 11.9 Å². The molecule has 0 aliphatic carbocycles. The third-order valence-electron chi connectivity index (χ3n) is 6.14. The van der Waals surface area contributed by atoms with Crippen molar-refractivity contribution >= 4 is 44.4 Å². The molecule has 202 valence electrons. The molecule has 0 bridgehead atoms. The molecule has 38 heavy (non-hydrogen) atoms. The van der Waals surface area contributed by atoms with E-state index in [1.165, 1.54) is 16.7 Å². The second kappa shape index (κ2) is 9.64. The molecule has 1 unspecified atom stereocenters. The van der Waals surface area contributed by atoms with Gasteiger partial charge in [-0.1, -0.05) is 28.1 Å². The zero-order valence-corrected chi connectivity index (χ0v) is 22.5. The molecule has 4 rings (SSSR count). The predicted octanol–water partition coefficient (Wildman–Crippen LogP) is 4.75. The number of likely N-dealkylation sites (N-methyl/N-ethyl adjacent to an activating group) is 1. The van der Waals surface area contributed by atoms with Crippen molar-refractivity contribution in [1.29, 1.82) is 0 Å². The van der Waals surface area contributed by atoms with Gasteiger partial charge < -0.3 is 24.6 Å².